The van der Waals surface area contributed by atoms with Crippen molar-refractivity contribution in [2.75, 3.05) is 12.0 Å². The van der Waals surface area contributed by atoms with Crippen molar-refractivity contribution < 1.29 is 14.8 Å². The molecule has 25 heavy (non-hydrogen) atoms. The standard InChI is InChI=1S/C16H28N6O3/c1-4-7-8-9-12(10-22(25)11-23)15(24)20-21-16-18-13(5-2)17-14(6-3)19-16/h11-12,25H,4-10H2,1-3H3,(H,20,24)(H,17,18,19,21). The number of unbranched alkanes of at least 4 members (excludes halogenated alkanes) is 2. The molecule has 1 rings (SSSR count). The quantitative estimate of drug-likeness (QED) is 0.225. The Hall–Kier alpha value is -2.29. The van der Waals surface area contributed by atoms with E-state index in [0.717, 1.165) is 19.3 Å². The lowest BCUT2D eigenvalue weighted by molar-refractivity contribution is -0.154. The first-order chi connectivity index (χ1) is 12.0. The molecule has 0 aromatic carbocycles. The predicted molar refractivity (Wildman–Crippen MR) is 92.5 cm³/mol. The van der Waals surface area contributed by atoms with E-state index in [2.05, 4.69) is 32.7 Å². The van der Waals surface area contributed by atoms with Gasteiger partial charge in [-0.15, -0.1) is 0 Å². The Morgan fingerprint density at radius 2 is 1.80 bits per heavy atom. The van der Waals surface area contributed by atoms with Gasteiger partial charge in [0.15, 0.2) is 0 Å². The van der Waals surface area contributed by atoms with E-state index in [9.17, 15) is 14.8 Å². The molecular formula is C16H28N6O3. The molecule has 3 N–H and O–H groups in total. The first kappa shape index (κ1) is 20.8. The molecule has 0 bridgehead atoms. The summed E-state index contributed by atoms with van der Waals surface area (Å²) in [6.07, 6.45) is 5.04. The molecule has 0 radical (unpaired) electrons. The van der Waals surface area contributed by atoms with Crippen molar-refractivity contribution >= 4 is 18.3 Å². The van der Waals surface area contributed by atoms with Gasteiger partial charge in [0.25, 0.3) is 0 Å². The lowest BCUT2D eigenvalue weighted by Gasteiger charge is -2.19. The van der Waals surface area contributed by atoms with Gasteiger partial charge in [-0.05, 0) is 6.42 Å². The molecule has 2 amide bonds. The largest absolute Gasteiger partial charge is 0.286 e. The first-order valence-electron chi connectivity index (χ1n) is 8.74. The fraction of sp³-hybridized carbons (Fsp3) is 0.688. The van der Waals surface area contributed by atoms with Gasteiger partial charge >= 0.3 is 0 Å². The number of hydrazine groups is 1. The Kier molecular flexibility index (Phi) is 9.38. The van der Waals surface area contributed by atoms with Crippen LogP contribution in [0.3, 0.4) is 0 Å². The van der Waals surface area contributed by atoms with Crippen LogP contribution in [0.1, 0.15) is 58.1 Å². The van der Waals surface area contributed by atoms with E-state index in [1.807, 2.05) is 13.8 Å². The summed E-state index contributed by atoms with van der Waals surface area (Å²) in [4.78, 5) is 35.7. The number of nitrogens with zero attached hydrogens (tertiary/aromatic N) is 4. The average Bonchev–Trinajstić information content (AvgIpc) is 2.64. The Morgan fingerprint density at radius 3 is 2.32 bits per heavy atom. The number of hydroxylamine groups is 2. The van der Waals surface area contributed by atoms with E-state index < -0.39 is 5.92 Å². The molecule has 9 nitrogen and oxygen atoms in total. The molecule has 0 aliphatic carbocycles. The Bertz CT molecular complexity index is 532. The van der Waals surface area contributed by atoms with Crippen molar-refractivity contribution in [3.63, 3.8) is 0 Å². The van der Waals surface area contributed by atoms with Crippen LogP contribution in [0.2, 0.25) is 0 Å². The van der Waals surface area contributed by atoms with Gasteiger partial charge in [-0.1, -0.05) is 40.0 Å². The number of aromatic nitrogens is 3. The summed E-state index contributed by atoms with van der Waals surface area (Å²) in [6.45, 7) is 5.89. The van der Waals surface area contributed by atoms with E-state index >= 15 is 0 Å². The Morgan fingerprint density at radius 1 is 1.16 bits per heavy atom. The van der Waals surface area contributed by atoms with Gasteiger partial charge in [0, 0.05) is 12.8 Å². The van der Waals surface area contributed by atoms with Crippen LogP contribution in [0.5, 0.6) is 0 Å². The highest BCUT2D eigenvalue weighted by molar-refractivity contribution is 5.80. The molecule has 1 unspecified atom stereocenters. The smallest absolute Gasteiger partial charge is 0.245 e. The molecule has 140 valence electrons. The number of aryl methyl sites for hydroxylation is 2. The minimum absolute atomic E-state index is 0.0572. The number of hydrogen-bond acceptors (Lipinski definition) is 7. The van der Waals surface area contributed by atoms with Crippen LogP contribution < -0.4 is 10.9 Å². The molecular weight excluding hydrogens is 324 g/mol. The summed E-state index contributed by atoms with van der Waals surface area (Å²) >= 11 is 0. The number of carbonyl (C=O) groups is 2. The topological polar surface area (TPSA) is 120 Å². The monoisotopic (exact) mass is 352 g/mol. The zero-order valence-corrected chi connectivity index (χ0v) is 15.2. The lowest BCUT2D eigenvalue weighted by Crippen LogP contribution is -2.40. The Balaban J connectivity index is 2.70. The van der Waals surface area contributed by atoms with E-state index in [1.165, 1.54) is 0 Å². The van der Waals surface area contributed by atoms with Crippen molar-refractivity contribution in [3.05, 3.63) is 11.6 Å². The molecule has 0 fully saturated rings. The maximum atomic E-state index is 12.4. The molecule has 0 aliphatic rings. The third kappa shape index (κ3) is 7.42. The Labute approximate surface area is 148 Å². The van der Waals surface area contributed by atoms with E-state index in [4.69, 9.17) is 0 Å². The fourth-order valence-corrected chi connectivity index (χ4v) is 2.28. The summed E-state index contributed by atoms with van der Waals surface area (Å²) in [5, 5.41) is 9.88. The van der Waals surface area contributed by atoms with Gasteiger partial charge < -0.3 is 0 Å². The summed E-state index contributed by atoms with van der Waals surface area (Å²) < 4.78 is 0. The van der Waals surface area contributed by atoms with Crippen molar-refractivity contribution in [2.24, 2.45) is 5.92 Å². The molecule has 0 spiro atoms. The van der Waals surface area contributed by atoms with Gasteiger partial charge in [-0.2, -0.15) is 9.97 Å². The number of amides is 2. The molecule has 1 aromatic heterocycles. The van der Waals surface area contributed by atoms with Crippen LogP contribution in [0, 0.1) is 5.92 Å². The number of nitrogens with one attached hydrogen (secondary N) is 2. The normalized spacial score (nSPS) is 11.7. The van der Waals surface area contributed by atoms with Gasteiger partial charge in [0.2, 0.25) is 18.3 Å². The van der Waals surface area contributed by atoms with E-state index in [0.29, 0.717) is 42.4 Å². The van der Waals surface area contributed by atoms with Crippen LogP contribution in [0.25, 0.3) is 0 Å². The summed E-state index contributed by atoms with van der Waals surface area (Å²) in [6, 6.07) is 0. The molecule has 1 heterocycles. The second kappa shape index (κ2) is 11.3. The van der Waals surface area contributed by atoms with Gasteiger partial charge in [-0.25, -0.2) is 10.0 Å². The highest BCUT2D eigenvalue weighted by Crippen LogP contribution is 2.11. The maximum Gasteiger partial charge on any atom is 0.245 e. The number of carbonyl (C=O) groups excluding carboxylic acids is 2. The summed E-state index contributed by atoms with van der Waals surface area (Å²) in [7, 11) is 0. The zero-order valence-electron chi connectivity index (χ0n) is 15.2. The second-order valence-corrected chi connectivity index (χ2v) is 5.73. The first-order valence-corrected chi connectivity index (χ1v) is 8.74. The van der Waals surface area contributed by atoms with Crippen molar-refractivity contribution in [2.45, 2.75) is 59.3 Å². The third-order valence-corrected chi connectivity index (χ3v) is 3.71. The molecule has 0 saturated carbocycles. The minimum atomic E-state index is -0.521. The van der Waals surface area contributed by atoms with Gasteiger partial charge in [-0.3, -0.25) is 25.6 Å². The van der Waals surface area contributed by atoms with Crippen LogP contribution >= 0.6 is 0 Å². The van der Waals surface area contributed by atoms with Crippen LogP contribution in [-0.2, 0) is 22.4 Å². The second-order valence-electron chi connectivity index (χ2n) is 5.73. The molecule has 1 atom stereocenters. The van der Waals surface area contributed by atoms with E-state index in [-0.39, 0.29) is 18.4 Å². The third-order valence-electron chi connectivity index (χ3n) is 3.71. The number of rotatable bonds is 12. The lowest BCUT2D eigenvalue weighted by atomic mass is 10.0. The molecule has 1 aromatic rings. The average molecular weight is 352 g/mol. The number of hydrogen-bond donors (Lipinski definition) is 3. The molecule has 0 saturated heterocycles. The minimum Gasteiger partial charge on any atom is -0.286 e. The van der Waals surface area contributed by atoms with Gasteiger partial charge in [0.1, 0.15) is 11.6 Å². The summed E-state index contributed by atoms with van der Waals surface area (Å²) in [5.74, 6) is 0.720. The predicted octanol–water partition coefficient (Wildman–Crippen LogP) is 1.48. The van der Waals surface area contributed by atoms with Gasteiger partial charge in [0.05, 0.1) is 12.5 Å². The van der Waals surface area contributed by atoms with Crippen molar-refractivity contribution in [1.82, 2.24) is 25.4 Å². The maximum absolute atomic E-state index is 12.4. The summed E-state index contributed by atoms with van der Waals surface area (Å²) in [5.41, 5.74) is 5.27. The van der Waals surface area contributed by atoms with Crippen molar-refractivity contribution in [3.8, 4) is 0 Å². The highest BCUT2D eigenvalue weighted by atomic mass is 16.5. The highest BCUT2D eigenvalue weighted by Gasteiger charge is 2.21. The van der Waals surface area contributed by atoms with Crippen LogP contribution in [0.15, 0.2) is 0 Å². The fourth-order valence-electron chi connectivity index (χ4n) is 2.28. The van der Waals surface area contributed by atoms with E-state index in [1.54, 1.807) is 0 Å². The molecule has 9 heteroatoms. The number of anilines is 1. The van der Waals surface area contributed by atoms with Crippen LogP contribution in [0.4, 0.5) is 5.95 Å². The van der Waals surface area contributed by atoms with Crippen LogP contribution in [-0.4, -0.2) is 44.1 Å². The molecule has 0 aliphatic heterocycles. The zero-order chi connectivity index (χ0) is 18.7. The SMILES string of the molecule is CCCCCC(CN(O)C=O)C(=O)NNc1nc(CC)nc(CC)n1. The van der Waals surface area contributed by atoms with Crippen molar-refractivity contribution in [1.29, 1.82) is 0 Å².